The van der Waals surface area contributed by atoms with Gasteiger partial charge in [0.2, 0.25) is 94.5 Å². The number of phenols is 1. The number of amides is 16. The van der Waals surface area contributed by atoms with Gasteiger partial charge in [-0.05, 0) is 132 Å². The molecule has 1 aliphatic rings. The van der Waals surface area contributed by atoms with Crippen molar-refractivity contribution in [2.24, 2.45) is 35.0 Å². The molecule has 1 aliphatic heterocycles. The van der Waals surface area contributed by atoms with Gasteiger partial charge in [0, 0.05) is 79.8 Å². The molecule has 770 valence electrons. The van der Waals surface area contributed by atoms with Crippen molar-refractivity contribution in [2.75, 3.05) is 44.8 Å². The number of carboxylic acid groups (broad SMARTS) is 1. The van der Waals surface area contributed by atoms with E-state index < -0.39 is 265 Å². The molecule has 1 saturated heterocycles. The number of nitrogens with two attached hydrogens (primary N) is 3. The van der Waals surface area contributed by atoms with Gasteiger partial charge in [0.25, 0.3) is 0 Å². The number of carbonyl (C=O) groups is 18. The highest BCUT2D eigenvalue weighted by Gasteiger charge is 2.41. The van der Waals surface area contributed by atoms with E-state index in [4.69, 9.17) is 28.0 Å². The van der Waals surface area contributed by atoms with E-state index in [9.17, 15) is 58.5 Å². The summed E-state index contributed by atoms with van der Waals surface area (Å²) in [5.41, 5.74) is 20.5. The van der Waals surface area contributed by atoms with Gasteiger partial charge in [-0.3, -0.25) is 97.1 Å². The highest BCUT2D eigenvalue weighted by Crippen LogP contribution is 2.29. The number of aromatic hydroxyl groups is 1. The number of thiophene rings is 1. The largest absolute Gasteiger partial charge is 0.508 e. The smallest absolute Gasteiger partial charge is 0.305 e. The summed E-state index contributed by atoms with van der Waals surface area (Å²) >= 11 is 1.96. The van der Waals surface area contributed by atoms with Crippen LogP contribution in [0.3, 0.4) is 0 Å². The molecule has 0 aliphatic carbocycles. The number of guanidine groups is 2. The molecule has 0 unspecified atom stereocenters. The third kappa shape index (κ3) is 35.6. The molecule has 7 aromatic rings. The highest BCUT2D eigenvalue weighted by atomic mass is 32.2. The molecule has 14 atom stereocenters. The topological polar surface area (TPSA) is 705 Å². The van der Waals surface area contributed by atoms with Crippen molar-refractivity contribution >= 4 is 162 Å². The Morgan fingerprint density at radius 3 is 1.46 bits per heavy atom. The Morgan fingerprint density at radius 2 is 0.916 bits per heavy atom. The standard InChI is InChI=1S/C97H129N23O21S2/c1-50(2)37-67-90(136)118-81(52(5)6)94(140)116-74(46-121)92(138)117-75(83(129)106-45-77(98)124)48-142-49-78(125)107-68(38-53(7)122)85(131)112-69(40-56-29-33-61(123)34-30-56)87(133)114-73(43-79(126)127)89(135)113-71(41-59-44-105-64-23-15-13-21-62(59)64)91(137)119-80(51(3)4)93(139)115-70(39-55-27-31-58(32-28-55)57-19-11-10-12-20-57)86(132)109-66(25-18-36-104-97(101)102)95(141)120(9)54(8)82(128)110-72(42-60-47-143-76-26-16-14-22-63(60)76)88(134)108-65(84(130)111-67)24-17-35-103-96(99)100/h10-16,19-23,26-34,44,47,50-52,54,65-75,80-81,105,121,123H,17-18,24-25,35-43,45-46,48-49H2,1-9H3,(H2,98,124)(H,106,129)(H,107,125)(H,108,134)(H,109,132)(H,110,128)(H,111,130)(H,112,131)(H,113,135)(H,114,133)(H,115,139)(H,116,140)(H,117,138)(H,118,136)(H,119,137)(H,126,127)(H4,99,100,103)(H4,101,102,104)/t54-,65-,66-,67-,68-,69-,70-,71-,72-,73-,74-,75-,80-,81-/m0/s1. The summed E-state index contributed by atoms with van der Waals surface area (Å²) in [6.45, 7) is 10.0. The quantitative estimate of drug-likeness (QED) is 0.0150. The third-order valence-corrected chi connectivity index (χ3v) is 25.5. The number of para-hydroxylation sites is 1. The van der Waals surface area contributed by atoms with Crippen molar-refractivity contribution in [1.29, 1.82) is 10.8 Å². The van der Waals surface area contributed by atoms with Gasteiger partial charge in [0.15, 0.2) is 11.9 Å². The van der Waals surface area contributed by atoms with E-state index in [0.717, 1.165) is 27.7 Å². The number of Topliss-reactive ketones (excluding diaryl/α,β-unsaturated/α-hetero) is 1. The lowest BCUT2D eigenvalue weighted by Crippen LogP contribution is -2.62. The van der Waals surface area contributed by atoms with Crippen LogP contribution in [0, 0.1) is 28.6 Å². The number of carboxylic acids is 1. The maximum atomic E-state index is 15.6. The van der Waals surface area contributed by atoms with E-state index in [1.54, 1.807) is 99.8 Å². The third-order valence-electron chi connectivity index (χ3n) is 23.4. The van der Waals surface area contributed by atoms with Crippen LogP contribution >= 0.6 is 23.1 Å². The molecule has 44 nitrogen and oxygen atoms in total. The fourth-order valence-corrected chi connectivity index (χ4v) is 17.4. The first-order valence-electron chi connectivity index (χ1n) is 46.6. The zero-order valence-electron chi connectivity index (χ0n) is 80.8. The van der Waals surface area contributed by atoms with Crippen molar-refractivity contribution in [3.8, 4) is 16.9 Å². The summed E-state index contributed by atoms with van der Waals surface area (Å²) in [4.78, 5) is 266. The Balaban J connectivity index is 1.23. The van der Waals surface area contributed by atoms with Gasteiger partial charge in [-0.25, -0.2) is 0 Å². The zero-order chi connectivity index (χ0) is 105. The van der Waals surface area contributed by atoms with Gasteiger partial charge < -0.3 is 127 Å². The fourth-order valence-electron chi connectivity index (χ4n) is 15.6. The maximum absolute atomic E-state index is 15.6. The lowest BCUT2D eigenvalue weighted by molar-refractivity contribution is -0.142. The molecular formula is C97H129N23O21S2. The molecule has 0 spiro atoms. The number of primary amides is 1. The number of thioether (sulfide) groups is 1. The Bertz CT molecular complexity index is 5710. The molecular weight excluding hydrogens is 1890 g/mol. The van der Waals surface area contributed by atoms with E-state index in [1.165, 1.54) is 69.6 Å². The number of nitrogens with one attached hydrogen (secondary N) is 19. The summed E-state index contributed by atoms with van der Waals surface area (Å²) in [6.07, 6.45) is -2.34. The average Bonchev–Trinajstić information content (AvgIpc) is 1.70. The van der Waals surface area contributed by atoms with E-state index in [2.05, 4.69) is 90.1 Å². The summed E-state index contributed by atoms with van der Waals surface area (Å²) in [5, 5.41) is 91.6. The Morgan fingerprint density at radius 1 is 0.476 bits per heavy atom. The molecule has 8 rings (SSSR count). The first-order chi connectivity index (χ1) is 67.9. The number of likely N-dealkylation sites (N-methyl/N-ethyl adjacent to an activating group) is 1. The second kappa shape index (κ2) is 55.2. The lowest BCUT2D eigenvalue weighted by Gasteiger charge is -2.32. The molecule has 0 radical (unpaired) electrons. The molecule has 2 aromatic heterocycles. The van der Waals surface area contributed by atoms with Crippen LogP contribution in [0.25, 0.3) is 32.1 Å². The van der Waals surface area contributed by atoms with Crippen LogP contribution in [-0.2, 0) is 112 Å². The number of aliphatic hydroxyl groups is 1. The molecule has 16 amide bonds. The van der Waals surface area contributed by atoms with Crippen molar-refractivity contribution in [3.05, 3.63) is 161 Å². The number of benzene rings is 5. The maximum Gasteiger partial charge on any atom is 0.305 e. The predicted molar refractivity (Wildman–Crippen MR) is 534 cm³/mol. The van der Waals surface area contributed by atoms with Crippen LogP contribution in [0.1, 0.15) is 123 Å². The second-order valence-corrected chi connectivity index (χ2v) is 37.9. The number of phenolic OH excluding ortho intramolecular Hbond substituents is 1. The molecule has 28 N–H and O–H groups in total. The summed E-state index contributed by atoms with van der Waals surface area (Å²) < 4.78 is 0.796. The predicted octanol–water partition coefficient (Wildman–Crippen LogP) is -1.15. The number of aliphatic carboxylic acids is 1. The van der Waals surface area contributed by atoms with E-state index >= 15 is 43.2 Å². The summed E-state index contributed by atoms with van der Waals surface area (Å²) in [6, 6.07) is 11.7. The Hall–Kier alpha value is -15.1. The number of ketones is 1. The van der Waals surface area contributed by atoms with Gasteiger partial charge in [-0.1, -0.05) is 145 Å². The van der Waals surface area contributed by atoms with Gasteiger partial charge in [-0.15, -0.1) is 23.1 Å². The fraction of sp³-hybridized carbons (Fsp3) is 0.443. The second-order valence-electron chi connectivity index (χ2n) is 36.0. The van der Waals surface area contributed by atoms with Gasteiger partial charge >= 0.3 is 5.97 Å². The van der Waals surface area contributed by atoms with Crippen LogP contribution < -0.4 is 102 Å². The van der Waals surface area contributed by atoms with Crippen molar-refractivity contribution in [2.45, 2.75) is 211 Å². The summed E-state index contributed by atoms with van der Waals surface area (Å²) in [7, 11) is 1.26. The van der Waals surface area contributed by atoms with Crippen molar-refractivity contribution in [3.63, 3.8) is 0 Å². The number of H-pyrrole nitrogens is 1. The lowest BCUT2D eigenvalue weighted by atomic mass is 9.98. The number of aromatic amines is 1. The molecule has 143 heavy (non-hydrogen) atoms. The Labute approximate surface area is 833 Å². The van der Waals surface area contributed by atoms with Crippen LogP contribution in [0.2, 0.25) is 0 Å². The van der Waals surface area contributed by atoms with Crippen LogP contribution in [0.15, 0.2) is 139 Å². The highest BCUT2D eigenvalue weighted by molar-refractivity contribution is 8.00. The molecule has 1 fully saturated rings. The van der Waals surface area contributed by atoms with E-state index in [0.29, 0.717) is 44.7 Å². The molecule has 46 heteroatoms. The minimum absolute atomic E-state index is 0.0174. The number of hydrogen-bond donors (Lipinski definition) is 25. The zero-order valence-corrected chi connectivity index (χ0v) is 82.4. The minimum Gasteiger partial charge on any atom is -0.508 e. The number of fused-ring (bicyclic) bond motifs is 2. The first kappa shape index (κ1) is 113. The number of nitrogens with zero attached hydrogens (tertiary/aromatic N) is 1. The first-order valence-corrected chi connectivity index (χ1v) is 48.6. The number of aromatic nitrogens is 1. The van der Waals surface area contributed by atoms with Crippen LogP contribution in [-0.4, -0.2) is 273 Å². The average molecular weight is 2020 g/mol. The van der Waals surface area contributed by atoms with E-state index in [1.807, 2.05) is 36.4 Å². The van der Waals surface area contributed by atoms with Crippen LogP contribution in [0.5, 0.6) is 5.75 Å². The van der Waals surface area contributed by atoms with Crippen molar-refractivity contribution in [1.82, 2.24) is 95.0 Å². The summed E-state index contributed by atoms with van der Waals surface area (Å²) in [5.74, 6) is -23.7. The Kier molecular flexibility index (Phi) is 43.7. The minimum atomic E-state index is -2.12. The van der Waals surface area contributed by atoms with Crippen LogP contribution in [0.4, 0.5) is 0 Å². The number of rotatable bonds is 29. The molecule has 0 bridgehead atoms. The van der Waals surface area contributed by atoms with Gasteiger partial charge in [-0.2, -0.15) is 0 Å². The molecule has 0 saturated carbocycles. The SMILES string of the molecule is CC(=O)C[C@@H]1NC(=O)CSC[C@@H](C(=O)NCC(N)=O)NC(=O)[C@H](CO)NC(=O)[C@H](C(C)C)NC(=O)[C@H](CC(C)C)NC(=O)[C@H](CCCNC(=N)N)NC(=O)[C@H](Cc2csc3ccccc23)NC(=O)[C@H](C)N(C)C(=O)[C@H](CCCNC(=N)N)NC(=O)[C@H](Cc2ccc(-c3ccccc3)cc2)NC(=O)[C@H](C(C)C)NC(=O)[C@H](Cc2c[nH]c3ccccc23)NC(=O)[C@H](CC(=O)O)NC(=O)[C@H](Cc2ccc(O)cc2)NC1=O. The molecule has 3 heterocycles. The van der Waals surface area contributed by atoms with E-state index in [-0.39, 0.29) is 75.3 Å². The van der Waals surface area contributed by atoms with Gasteiger partial charge in [0.1, 0.15) is 96.1 Å². The number of carbonyl (C=O) groups excluding carboxylic acids is 17. The monoisotopic (exact) mass is 2020 g/mol. The van der Waals surface area contributed by atoms with Gasteiger partial charge in [0.05, 0.1) is 25.3 Å². The number of hydrogen-bond acceptors (Lipinski definition) is 24. The normalized spacial score (nSPS) is 22.4. The molecule has 5 aromatic carbocycles. The number of aliphatic hydroxyl groups excluding tert-OH is 1. The van der Waals surface area contributed by atoms with Crippen molar-refractivity contribution < 1.29 is 102 Å².